The minimum absolute atomic E-state index is 0.127. The van der Waals surface area contributed by atoms with Gasteiger partial charge >= 0.3 is 5.97 Å². The van der Waals surface area contributed by atoms with Crippen molar-refractivity contribution < 1.29 is 14.3 Å². The molecule has 6 rings (SSSR count). The first kappa shape index (κ1) is 27.0. The molecule has 0 unspecified atom stereocenters. The third-order valence-corrected chi connectivity index (χ3v) is 8.26. The maximum Gasteiger partial charge on any atom is 0.337 e. The molecule has 0 atom stereocenters. The van der Waals surface area contributed by atoms with Crippen molar-refractivity contribution >= 4 is 28.7 Å². The van der Waals surface area contributed by atoms with Crippen LogP contribution in [0.3, 0.4) is 0 Å². The summed E-state index contributed by atoms with van der Waals surface area (Å²) in [6, 6.07) is 17.7. The van der Waals surface area contributed by atoms with Crippen molar-refractivity contribution in [3.8, 4) is 0 Å². The maximum atomic E-state index is 13.6. The zero-order valence-electron chi connectivity index (χ0n) is 23.5. The molecule has 1 N–H and O–H groups in total. The van der Waals surface area contributed by atoms with Gasteiger partial charge in [0.05, 0.1) is 18.2 Å². The van der Waals surface area contributed by atoms with Crippen LogP contribution in [-0.4, -0.2) is 71.1 Å². The Hall–Kier alpha value is -4.24. The lowest BCUT2D eigenvalue weighted by molar-refractivity contribution is 0.0600. The van der Waals surface area contributed by atoms with Gasteiger partial charge in [0.1, 0.15) is 17.4 Å². The van der Waals surface area contributed by atoms with E-state index in [1.54, 1.807) is 18.5 Å². The average molecular weight is 553 g/mol. The number of ether oxygens (including phenoxy) is 1. The molecule has 0 saturated carbocycles. The standard InChI is InChI=1S/C32H36N6O3/c1-41-32(40)25-12-10-24(11-13-25)21-33-31(39)27-26-9-5-6-15-38(26)29-28(27)34-22-35-30(29)37-19-17-36(18-20-37)16-14-23-7-3-2-4-8-23/h2-4,7-8,10-13,22H,5-6,9,14-21H2,1H3,(H,33,39). The van der Waals surface area contributed by atoms with Crippen molar-refractivity contribution in [3.05, 3.63) is 88.9 Å². The molecule has 41 heavy (non-hydrogen) atoms. The van der Waals surface area contributed by atoms with Crippen molar-refractivity contribution in [2.45, 2.75) is 38.8 Å². The van der Waals surface area contributed by atoms with Crippen LogP contribution in [0.5, 0.6) is 0 Å². The summed E-state index contributed by atoms with van der Waals surface area (Å²) in [4.78, 5) is 39.7. The van der Waals surface area contributed by atoms with E-state index in [1.165, 1.54) is 12.7 Å². The van der Waals surface area contributed by atoms with E-state index < -0.39 is 0 Å². The number of fused-ring (bicyclic) bond motifs is 3. The molecule has 2 aromatic carbocycles. The molecule has 1 saturated heterocycles. The van der Waals surface area contributed by atoms with E-state index in [1.807, 2.05) is 12.1 Å². The smallest absolute Gasteiger partial charge is 0.337 e. The highest BCUT2D eigenvalue weighted by molar-refractivity contribution is 6.09. The molecule has 9 nitrogen and oxygen atoms in total. The van der Waals surface area contributed by atoms with Crippen LogP contribution in [0.15, 0.2) is 60.9 Å². The Morgan fingerprint density at radius 1 is 0.902 bits per heavy atom. The predicted octanol–water partition coefficient (Wildman–Crippen LogP) is 3.85. The number of carbonyl (C=O) groups excluding carboxylic acids is 2. The number of nitrogens with zero attached hydrogens (tertiary/aromatic N) is 5. The van der Waals surface area contributed by atoms with Gasteiger partial charge in [0, 0.05) is 51.5 Å². The summed E-state index contributed by atoms with van der Waals surface area (Å²) in [5.41, 5.74) is 6.19. The topological polar surface area (TPSA) is 92.6 Å². The number of rotatable bonds is 8. The van der Waals surface area contributed by atoms with Gasteiger partial charge in [-0.3, -0.25) is 9.69 Å². The van der Waals surface area contributed by atoms with Crippen molar-refractivity contribution in [2.75, 3.05) is 44.7 Å². The largest absolute Gasteiger partial charge is 0.465 e. The first-order valence-corrected chi connectivity index (χ1v) is 14.4. The number of methoxy groups -OCH3 is 1. The number of esters is 1. The minimum Gasteiger partial charge on any atom is -0.465 e. The van der Waals surface area contributed by atoms with Crippen LogP contribution in [0.4, 0.5) is 5.82 Å². The van der Waals surface area contributed by atoms with Crippen LogP contribution in [0.2, 0.25) is 0 Å². The third kappa shape index (κ3) is 5.67. The molecule has 0 radical (unpaired) electrons. The zero-order chi connectivity index (χ0) is 28.2. The summed E-state index contributed by atoms with van der Waals surface area (Å²) in [6.45, 7) is 6.02. The molecule has 2 aliphatic rings. The number of carbonyl (C=O) groups is 2. The third-order valence-electron chi connectivity index (χ3n) is 8.26. The average Bonchev–Trinajstić information content (AvgIpc) is 3.38. The van der Waals surface area contributed by atoms with Crippen LogP contribution in [0.25, 0.3) is 11.0 Å². The van der Waals surface area contributed by atoms with Crippen LogP contribution in [0, 0.1) is 0 Å². The highest BCUT2D eigenvalue weighted by Crippen LogP contribution is 2.34. The normalized spacial score (nSPS) is 15.5. The minimum atomic E-state index is -0.378. The zero-order valence-corrected chi connectivity index (χ0v) is 23.5. The Morgan fingerprint density at radius 2 is 1.68 bits per heavy atom. The molecule has 0 aliphatic carbocycles. The van der Waals surface area contributed by atoms with Gasteiger partial charge in [-0.2, -0.15) is 0 Å². The van der Waals surface area contributed by atoms with E-state index in [0.717, 1.165) is 93.1 Å². The second-order valence-corrected chi connectivity index (χ2v) is 10.8. The SMILES string of the molecule is COC(=O)c1ccc(CNC(=O)c2c3n(c4c(N5CCN(CCc6ccccc6)CC5)ncnc24)CCCC3)cc1. The van der Waals surface area contributed by atoms with Gasteiger partial charge in [0.15, 0.2) is 5.82 Å². The summed E-state index contributed by atoms with van der Waals surface area (Å²) in [5.74, 6) is 0.424. The van der Waals surface area contributed by atoms with Crippen LogP contribution in [-0.2, 0) is 30.7 Å². The highest BCUT2D eigenvalue weighted by atomic mass is 16.5. The van der Waals surface area contributed by atoms with Gasteiger partial charge in [-0.05, 0) is 48.9 Å². The van der Waals surface area contributed by atoms with E-state index in [0.29, 0.717) is 17.7 Å². The Morgan fingerprint density at radius 3 is 2.44 bits per heavy atom. The van der Waals surface area contributed by atoms with E-state index in [2.05, 4.69) is 55.0 Å². The van der Waals surface area contributed by atoms with E-state index in [-0.39, 0.29) is 11.9 Å². The lowest BCUT2D eigenvalue weighted by Crippen LogP contribution is -2.47. The summed E-state index contributed by atoms with van der Waals surface area (Å²) in [7, 11) is 1.36. The lowest BCUT2D eigenvalue weighted by atomic mass is 10.1. The number of hydrogen-bond donors (Lipinski definition) is 1. The number of hydrogen-bond acceptors (Lipinski definition) is 7. The van der Waals surface area contributed by atoms with Gasteiger partial charge < -0.3 is 19.5 Å². The van der Waals surface area contributed by atoms with E-state index in [4.69, 9.17) is 9.72 Å². The first-order chi connectivity index (χ1) is 20.1. The van der Waals surface area contributed by atoms with Crippen LogP contribution < -0.4 is 10.2 Å². The molecule has 4 aromatic rings. The summed E-state index contributed by atoms with van der Waals surface area (Å²) >= 11 is 0. The van der Waals surface area contributed by atoms with Gasteiger partial charge in [0.25, 0.3) is 5.91 Å². The lowest BCUT2D eigenvalue weighted by Gasteiger charge is -2.35. The Bertz CT molecular complexity index is 1520. The highest BCUT2D eigenvalue weighted by Gasteiger charge is 2.29. The number of anilines is 1. The summed E-state index contributed by atoms with van der Waals surface area (Å²) < 4.78 is 7.06. The van der Waals surface area contributed by atoms with Gasteiger partial charge in [0.2, 0.25) is 0 Å². The molecular formula is C32H36N6O3. The molecular weight excluding hydrogens is 516 g/mol. The van der Waals surface area contributed by atoms with Crippen molar-refractivity contribution in [1.29, 1.82) is 0 Å². The molecule has 0 spiro atoms. The van der Waals surface area contributed by atoms with E-state index in [9.17, 15) is 9.59 Å². The molecule has 1 amide bonds. The van der Waals surface area contributed by atoms with Crippen LogP contribution in [0.1, 0.15) is 50.4 Å². The van der Waals surface area contributed by atoms with Gasteiger partial charge in [-0.15, -0.1) is 0 Å². The quantitative estimate of drug-likeness (QED) is 0.332. The van der Waals surface area contributed by atoms with Crippen LogP contribution >= 0.6 is 0 Å². The fourth-order valence-corrected chi connectivity index (χ4v) is 6.01. The Labute approximate surface area is 240 Å². The monoisotopic (exact) mass is 552 g/mol. The number of piperazine rings is 1. The molecule has 212 valence electrons. The predicted molar refractivity (Wildman–Crippen MR) is 158 cm³/mol. The second kappa shape index (κ2) is 12.1. The second-order valence-electron chi connectivity index (χ2n) is 10.8. The number of aryl methyl sites for hydroxylation is 1. The molecule has 4 heterocycles. The van der Waals surface area contributed by atoms with Crippen molar-refractivity contribution in [2.24, 2.45) is 0 Å². The van der Waals surface area contributed by atoms with Crippen molar-refractivity contribution in [3.63, 3.8) is 0 Å². The maximum absolute atomic E-state index is 13.6. The fourth-order valence-electron chi connectivity index (χ4n) is 6.01. The van der Waals surface area contributed by atoms with Gasteiger partial charge in [-0.25, -0.2) is 14.8 Å². The van der Waals surface area contributed by atoms with E-state index >= 15 is 0 Å². The Kier molecular flexibility index (Phi) is 7.95. The number of amides is 1. The fraction of sp³-hybridized carbons (Fsp3) is 0.375. The molecule has 1 fully saturated rings. The summed E-state index contributed by atoms with van der Waals surface area (Å²) in [5, 5.41) is 3.09. The Balaban J connectivity index is 1.19. The molecule has 2 aromatic heterocycles. The number of nitrogens with one attached hydrogen (secondary N) is 1. The van der Waals surface area contributed by atoms with Gasteiger partial charge in [-0.1, -0.05) is 42.5 Å². The number of aromatic nitrogens is 3. The molecule has 2 aliphatic heterocycles. The number of benzene rings is 2. The summed E-state index contributed by atoms with van der Waals surface area (Å²) in [6.07, 6.45) is 5.63. The molecule has 9 heteroatoms. The first-order valence-electron chi connectivity index (χ1n) is 14.4. The van der Waals surface area contributed by atoms with Crippen molar-refractivity contribution in [1.82, 2.24) is 24.8 Å². The molecule has 0 bridgehead atoms.